The van der Waals surface area contributed by atoms with Crippen molar-refractivity contribution in [2.24, 2.45) is 0 Å². The lowest BCUT2D eigenvalue weighted by atomic mass is 9.96. The summed E-state index contributed by atoms with van der Waals surface area (Å²) in [7, 11) is 1.55. The first-order valence-electron chi connectivity index (χ1n) is 6.29. The number of hydrogen-bond donors (Lipinski definition) is 2. The number of carbonyl (C=O) groups is 1. The summed E-state index contributed by atoms with van der Waals surface area (Å²) in [5, 5.41) is 9.47. The van der Waals surface area contributed by atoms with Crippen molar-refractivity contribution < 1.29 is 9.53 Å². The zero-order valence-corrected chi connectivity index (χ0v) is 12.0. The minimum absolute atomic E-state index is 0.112. The molecular formula is C14H18N4O2. The molecule has 1 heterocycles. The number of carbonyl (C=O) groups excluding carboxylic acids is 1. The molecule has 20 heavy (non-hydrogen) atoms. The van der Waals surface area contributed by atoms with Crippen molar-refractivity contribution in [3.8, 4) is 5.75 Å². The highest BCUT2D eigenvalue weighted by atomic mass is 16.5. The van der Waals surface area contributed by atoms with Crippen LogP contribution in [0.5, 0.6) is 5.75 Å². The molecule has 6 heteroatoms. The van der Waals surface area contributed by atoms with Crippen LogP contribution in [0.25, 0.3) is 0 Å². The molecule has 1 aromatic carbocycles. The normalized spacial score (nSPS) is 11.2. The quantitative estimate of drug-likeness (QED) is 0.900. The molecule has 6 nitrogen and oxygen atoms in total. The Morgan fingerprint density at radius 1 is 1.30 bits per heavy atom. The maximum atomic E-state index is 12.1. The van der Waals surface area contributed by atoms with Crippen molar-refractivity contribution in [3.05, 3.63) is 35.9 Å². The monoisotopic (exact) mass is 274 g/mol. The molecule has 0 bridgehead atoms. The minimum Gasteiger partial charge on any atom is -0.495 e. The molecule has 0 spiro atoms. The molecule has 106 valence electrons. The molecule has 0 aliphatic carbocycles. The lowest BCUT2D eigenvalue weighted by Gasteiger charge is -2.12. The number of aromatic amines is 1. The molecule has 0 fully saturated rings. The fraction of sp³-hybridized carbons (Fsp3) is 0.357. The van der Waals surface area contributed by atoms with E-state index in [9.17, 15) is 4.79 Å². The molecule has 1 aromatic heterocycles. The molecule has 2 rings (SSSR count). The fourth-order valence-electron chi connectivity index (χ4n) is 1.62. The van der Waals surface area contributed by atoms with Crippen LogP contribution in [0.1, 0.15) is 37.2 Å². The summed E-state index contributed by atoms with van der Waals surface area (Å²) in [6.07, 6.45) is 0. The molecular weight excluding hydrogens is 256 g/mol. The zero-order chi connectivity index (χ0) is 14.8. The average Bonchev–Trinajstić information content (AvgIpc) is 2.89. The summed E-state index contributed by atoms with van der Waals surface area (Å²) in [5.41, 5.74) is 0.401. The summed E-state index contributed by atoms with van der Waals surface area (Å²) in [5.74, 6) is 0.997. The predicted molar refractivity (Wildman–Crippen MR) is 76.0 cm³/mol. The van der Waals surface area contributed by atoms with E-state index in [1.54, 1.807) is 19.2 Å². The van der Waals surface area contributed by atoms with Crippen LogP contribution in [-0.2, 0) is 5.41 Å². The second-order valence-electron chi connectivity index (χ2n) is 5.41. The van der Waals surface area contributed by atoms with Crippen molar-refractivity contribution in [1.29, 1.82) is 0 Å². The number of ether oxygens (including phenoxy) is 1. The number of para-hydroxylation sites is 2. The van der Waals surface area contributed by atoms with Crippen molar-refractivity contribution in [3.63, 3.8) is 0 Å². The largest absolute Gasteiger partial charge is 0.495 e. The minimum atomic E-state index is -0.374. The first-order valence-corrected chi connectivity index (χ1v) is 6.29. The number of nitrogens with one attached hydrogen (secondary N) is 2. The van der Waals surface area contributed by atoms with Gasteiger partial charge in [0.05, 0.1) is 12.8 Å². The van der Waals surface area contributed by atoms with Crippen LogP contribution in [-0.4, -0.2) is 28.2 Å². The number of methoxy groups -OCH3 is 1. The SMILES string of the molecule is COc1ccccc1NC(=O)c1n[nH]c(C(C)(C)C)n1. The first kappa shape index (κ1) is 14.0. The summed E-state index contributed by atoms with van der Waals surface area (Å²) in [6, 6.07) is 7.18. The summed E-state index contributed by atoms with van der Waals surface area (Å²) in [6.45, 7) is 5.99. The third-order valence-electron chi connectivity index (χ3n) is 2.75. The van der Waals surface area contributed by atoms with Gasteiger partial charge in [-0.2, -0.15) is 0 Å². The molecule has 0 saturated heterocycles. The summed E-state index contributed by atoms with van der Waals surface area (Å²) in [4.78, 5) is 16.3. The van der Waals surface area contributed by atoms with Gasteiger partial charge in [-0.25, -0.2) is 4.98 Å². The zero-order valence-electron chi connectivity index (χ0n) is 12.0. The number of H-pyrrole nitrogens is 1. The molecule has 0 aliphatic rings. The van der Waals surface area contributed by atoms with Crippen molar-refractivity contribution in [1.82, 2.24) is 15.2 Å². The van der Waals surface area contributed by atoms with Gasteiger partial charge in [0.15, 0.2) is 0 Å². The molecule has 2 aromatic rings. The number of rotatable bonds is 3. The molecule has 0 radical (unpaired) electrons. The van der Waals surface area contributed by atoms with Gasteiger partial charge in [-0.3, -0.25) is 9.89 Å². The van der Waals surface area contributed by atoms with E-state index in [1.807, 2.05) is 32.9 Å². The van der Waals surface area contributed by atoms with E-state index in [-0.39, 0.29) is 17.1 Å². The van der Waals surface area contributed by atoms with E-state index in [1.165, 1.54) is 0 Å². The highest BCUT2D eigenvalue weighted by molar-refractivity contribution is 6.02. The fourth-order valence-corrected chi connectivity index (χ4v) is 1.62. The van der Waals surface area contributed by atoms with Crippen LogP contribution in [0, 0.1) is 0 Å². The second kappa shape index (κ2) is 5.32. The van der Waals surface area contributed by atoms with Crippen LogP contribution < -0.4 is 10.1 Å². The van der Waals surface area contributed by atoms with Gasteiger partial charge in [0.25, 0.3) is 5.91 Å². The Labute approximate surface area is 117 Å². The summed E-state index contributed by atoms with van der Waals surface area (Å²) >= 11 is 0. The predicted octanol–water partition coefficient (Wildman–Crippen LogP) is 2.36. The smallest absolute Gasteiger partial charge is 0.295 e. The van der Waals surface area contributed by atoms with Gasteiger partial charge in [0, 0.05) is 5.41 Å². The first-order chi connectivity index (χ1) is 9.41. The highest BCUT2D eigenvalue weighted by Crippen LogP contribution is 2.23. The van der Waals surface area contributed by atoms with Gasteiger partial charge in [-0.1, -0.05) is 32.9 Å². The molecule has 0 unspecified atom stereocenters. The second-order valence-corrected chi connectivity index (χ2v) is 5.41. The number of amides is 1. The number of nitrogens with zero attached hydrogens (tertiary/aromatic N) is 2. The van der Waals surface area contributed by atoms with E-state index in [4.69, 9.17) is 4.74 Å². The van der Waals surface area contributed by atoms with Gasteiger partial charge in [0.2, 0.25) is 5.82 Å². The van der Waals surface area contributed by atoms with E-state index in [2.05, 4.69) is 20.5 Å². The van der Waals surface area contributed by atoms with E-state index in [0.29, 0.717) is 17.3 Å². The molecule has 0 aliphatic heterocycles. The van der Waals surface area contributed by atoms with E-state index in [0.717, 1.165) is 0 Å². The Morgan fingerprint density at radius 3 is 2.60 bits per heavy atom. The Kier molecular flexibility index (Phi) is 3.74. The number of benzene rings is 1. The van der Waals surface area contributed by atoms with Crippen LogP contribution in [0.4, 0.5) is 5.69 Å². The highest BCUT2D eigenvalue weighted by Gasteiger charge is 2.21. The number of anilines is 1. The Balaban J connectivity index is 2.18. The molecule has 0 atom stereocenters. The van der Waals surface area contributed by atoms with Gasteiger partial charge in [-0.05, 0) is 12.1 Å². The van der Waals surface area contributed by atoms with E-state index < -0.39 is 0 Å². The molecule has 2 N–H and O–H groups in total. The van der Waals surface area contributed by atoms with E-state index >= 15 is 0 Å². The van der Waals surface area contributed by atoms with Gasteiger partial charge in [-0.15, -0.1) is 5.10 Å². The van der Waals surface area contributed by atoms with Crippen LogP contribution in [0.3, 0.4) is 0 Å². The third kappa shape index (κ3) is 2.96. The maximum absolute atomic E-state index is 12.1. The molecule has 1 amide bonds. The average molecular weight is 274 g/mol. The van der Waals surface area contributed by atoms with Crippen LogP contribution in [0.2, 0.25) is 0 Å². The lowest BCUT2D eigenvalue weighted by Crippen LogP contribution is -2.16. The number of hydrogen-bond acceptors (Lipinski definition) is 4. The number of aromatic nitrogens is 3. The van der Waals surface area contributed by atoms with Crippen molar-refractivity contribution in [2.45, 2.75) is 26.2 Å². The Morgan fingerprint density at radius 2 is 2.00 bits per heavy atom. The van der Waals surface area contributed by atoms with Gasteiger partial charge < -0.3 is 10.1 Å². The van der Waals surface area contributed by atoms with Crippen molar-refractivity contribution >= 4 is 11.6 Å². The standard InChI is InChI=1S/C14H18N4O2/c1-14(2,3)13-16-11(17-18-13)12(19)15-9-7-5-6-8-10(9)20-4/h5-8H,1-4H3,(H,15,19)(H,16,17,18). The van der Waals surface area contributed by atoms with Crippen molar-refractivity contribution in [2.75, 3.05) is 12.4 Å². The van der Waals surface area contributed by atoms with Crippen LogP contribution >= 0.6 is 0 Å². The van der Waals surface area contributed by atoms with Gasteiger partial charge in [0.1, 0.15) is 11.6 Å². The molecule has 0 saturated carbocycles. The maximum Gasteiger partial charge on any atom is 0.295 e. The summed E-state index contributed by atoms with van der Waals surface area (Å²) < 4.78 is 5.18. The topological polar surface area (TPSA) is 79.9 Å². The lowest BCUT2D eigenvalue weighted by molar-refractivity contribution is 0.101. The van der Waals surface area contributed by atoms with Crippen LogP contribution in [0.15, 0.2) is 24.3 Å². The van der Waals surface area contributed by atoms with Gasteiger partial charge >= 0.3 is 0 Å². The Bertz CT molecular complexity index is 614. The Hall–Kier alpha value is -2.37. The third-order valence-corrected chi connectivity index (χ3v) is 2.75.